The first-order valence-electron chi connectivity index (χ1n) is 5.95. The molecule has 0 unspecified atom stereocenters. The summed E-state index contributed by atoms with van der Waals surface area (Å²) in [5.41, 5.74) is -2.25. The molecule has 1 aromatic rings. The van der Waals surface area contributed by atoms with E-state index in [2.05, 4.69) is 9.47 Å². The van der Waals surface area contributed by atoms with Gasteiger partial charge in [-0.25, -0.2) is 8.78 Å². The third-order valence-corrected chi connectivity index (χ3v) is 2.48. The van der Waals surface area contributed by atoms with E-state index in [4.69, 9.17) is 5.26 Å². The van der Waals surface area contributed by atoms with Crippen LogP contribution in [0.3, 0.4) is 0 Å². The fourth-order valence-electron chi connectivity index (χ4n) is 1.71. The number of nitrogens with zero attached hydrogens (tertiary/aromatic N) is 1. The lowest BCUT2D eigenvalue weighted by Gasteiger charge is -2.17. The normalized spacial score (nSPS) is 11.2. The van der Waals surface area contributed by atoms with Crippen molar-refractivity contribution in [2.75, 3.05) is 6.61 Å². The summed E-state index contributed by atoms with van der Waals surface area (Å²) in [5.74, 6) is -2.18. The Bertz CT molecular complexity index is 593. The highest BCUT2D eigenvalue weighted by atomic mass is 19.4. The predicted molar refractivity (Wildman–Crippen MR) is 63.1 cm³/mol. The average Bonchev–Trinajstić information content (AvgIpc) is 2.37. The highest BCUT2D eigenvalue weighted by Crippen LogP contribution is 2.38. The summed E-state index contributed by atoms with van der Waals surface area (Å²) in [6, 6.07) is 3.19. The molecule has 4 nitrogen and oxygen atoms in total. The second-order valence-corrected chi connectivity index (χ2v) is 3.96. The molecular weight excluding hydrogens is 313 g/mol. The maximum atomic E-state index is 13.1. The van der Waals surface area contributed by atoms with Crippen LogP contribution in [0, 0.1) is 11.3 Å². The lowest BCUT2D eigenvalue weighted by atomic mass is 10.00. The minimum atomic E-state index is -5.25. The molecule has 0 radical (unpaired) electrons. The molecule has 0 aliphatic rings. The third-order valence-electron chi connectivity index (χ3n) is 2.48. The first-order chi connectivity index (χ1) is 10.2. The minimum absolute atomic E-state index is 0.00890. The Hall–Kier alpha value is -2.37. The van der Waals surface area contributed by atoms with Gasteiger partial charge in [-0.05, 0) is 18.6 Å². The van der Waals surface area contributed by atoms with Crippen LogP contribution >= 0.6 is 0 Å². The van der Waals surface area contributed by atoms with Crippen LogP contribution in [-0.2, 0) is 16.0 Å². The number of rotatable bonds is 5. The Morgan fingerprint density at radius 2 is 2.00 bits per heavy atom. The molecule has 120 valence electrons. The van der Waals surface area contributed by atoms with E-state index in [-0.39, 0.29) is 6.61 Å². The number of ether oxygens (including phenoxy) is 2. The van der Waals surface area contributed by atoms with Crippen LogP contribution < -0.4 is 4.74 Å². The van der Waals surface area contributed by atoms with Crippen LogP contribution in [0.15, 0.2) is 12.1 Å². The van der Waals surface area contributed by atoms with Crippen molar-refractivity contribution in [2.45, 2.75) is 26.1 Å². The molecule has 0 saturated heterocycles. The minimum Gasteiger partial charge on any atom is -0.466 e. The Morgan fingerprint density at radius 3 is 2.45 bits per heavy atom. The Labute approximate surface area is 122 Å². The fraction of sp³-hybridized carbons (Fsp3) is 0.385. The molecule has 0 aliphatic carbocycles. The van der Waals surface area contributed by atoms with Gasteiger partial charge in [-0.3, -0.25) is 4.79 Å². The van der Waals surface area contributed by atoms with E-state index in [1.54, 1.807) is 0 Å². The quantitative estimate of drug-likeness (QED) is 0.615. The molecule has 0 N–H and O–H groups in total. The first kappa shape index (κ1) is 17.7. The number of benzene rings is 1. The van der Waals surface area contributed by atoms with E-state index in [0.29, 0.717) is 0 Å². The van der Waals surface area contributed by atoms with Crippen LogP contribution in [0.25, 0.3) is 0 Å². The molecule has 0 aliphatic heterocycles. The van der Waals surface area contributed by atoms with Crippen LogP contribution in [-0.4, -0.2) is 18.9 Å². The largest absolute Gasteiger partial charge is 0.573 e. The summed E-state index contributed by atoms with van der Waals surface area (Å²) < 4.78 is 71.4. The van der Waals surface area contributed by atoms with E-state index in [0.717, 1.165) is 12.1 Å². The van der Waals surface area contributed by atoms with Crippen LogP contribution in [0.4, 0.5) is 22.0 Å². The molecule has 0 bridgehead atoms. The molecular formula is C13H10F5NO3. The van der Waals surface area contributed by atoms with Gasteiger partial charge >= 0.3 is 12.3 Å². The van der Waals surface area contributed by atoms with Gasteiger partial charge in [0.25, 0.3) is 6.43 Å². The highest BCUT2D eigenvalue weighted by Gasteiger charge is 2.36. The molecule has 1 rings (SSSR count). The van der Waals surface area contributed by atoms with Crippen molar-refractivity contribution >= 4 is 5.97 Å². The van der Waals surface area contributed by atoms with Gasteiger partial charge in [0.2, 0.25) is 0 Å². The van der Waals surface area contributed by atoms with Crippen molar-refractivity contribution in [1.82, 2.24) is 0 Å². The zero-order valence-corrected chi connectivity index (χ0v) is 11.2. The number of carbonyl (C=O) groups is 1. The third kappa shape index (κ3) is 4.58. The number of halogens is 5. The van der Waals surface area contributed by atoms with E-state index in [1.807, 2.05) is 0 Å². The topological polar surface area (TPSA) is 59.3 Å². The van der Waals surface area contributed by atoms with E-state index >= 15 is 0 Å². The second kappa shape index (κ2) is 7.06. The van der Waals surface area contributed by atoms with Gasteiger partial charge in [0.1, 0.15) is 6.07 Å². The predicted octanol–water partition coefficient (Wildman–Crippen LogP) is 3.50. The molecule has 0 fully saturated rings. The van der Waals surface area contributed by atoms with Crippen molar-refractivity contribution in [1.29, 1.82) is 5.26 Å². The summed E-state index contributed by atoms with van der Waals surface area (Å²) in [6.07, 6.45) is -9.28. The van der Waals surface area contributed by atoms with Gasteiger partial charge in [-0.2, -0.15) is 5.26 Å². The summed E-state index contributed by atoms with van der Waals surface area (Å²) in [5, 5.41) is 8.74. The van der Waals surface area contributed by atoms with Crippen molar-refractivity contribution < 1.29 is 36.2 Å². The van der Waals surface area contributed by atoms with Crippen molar-refractivity contribution in [3.63, 3.8) is 0 Å². The zero-order chi connectivity index (χ0) is 16.9. The van der Waals surface area contributed by atoms with Crippen molar-refractivity contribution in [3.8, 4) is 11.8 Å². The summed E-state index contributed by atoms with van der Waals surface area (Å²) >= 11 is 0. The molecule has 1 aromatic carbocycles. The zero-order valence-electron chi connectivity index (χ0n) is 11.2. The molecule has 22 heavy (non-hydrogen) atoms. The monoisotopic (exact) mass is 323 g/mol. The SMILES string of the molecule is CCOC(=O)Cc1ccc(C#N)c(OC(F)(F)F)c1C(F)F. The maximum absolute atomic E-state index is 13.1. The number of hydrogen-bond donors (Lipinski definition) is 0. The van der Waals surface area contributed by atoms with Crippen molar-refractivity contribution in [3.05, 3.63) is 28.8 Å². The van der Waals surface area contributed by atoms with Crippen LogP contribution in [0.1, 0.15) is 30.0 Å². The Kier molecular flexibility index (Phi) is 5.68. The Balaban J connectivity index is 3.38. The number of esters is 1. The standard InChI is InChI=1S/C13H10F5NO3/c1-2-21-9(20)5-7-3-4-8(6-19)11(10(7)12(14)15)22-13(16,17)18/h3-4,12H,2,5H2,1H3. The van der Waals surface area contributed by atoms with Crippen molar-refractivity contribution in [2.24, 2.45) is 0 Å². The molecule has 0 amide bonds. The molecule has 9 heteroatoms. The van der Waals surface area contributed by atoms with E-state index in [1.165, 1.54) is 13.0 Å². The van der Waals surface area contributed by atoms with Gasteiger partial charge < -0.3 is 9.47 Å². The molecule has 0 spiro atoms. The number of hydrogen-bond acceptors (Lipinski definition) is 4. The number of alkyl halides is 5. The van der Waals surface area contributed by atoms with Crippen LogP contribution in [0.5, 0.6) is 5.75 Å². The van der Waals surface area contributed by atoms with Gasteiger partial charge in [0.05, 0.1) is 24.2 Å². The highest BCUT2D eigenvalue weighted by molar-refractivity contribution is 5.74. The molecule has 0 saturated carbocycles. The second-order valence-electron chi connectivity index (χ2n) is 3.96. The summed E-state index contributed by atoms with van der Waals surface area (Å²) in [7, 11) is 0. The van der Waals surface area contributed by atoms with Gasteiger partial charge in [-0.15, -0.1) is 13.2 Å². The fourth-order valence-corrected chi connectivity index (χ4v) is 1.71. The molecule has 0 atom stereocenters. The lowest BCUT2D eigenvalue weighted by Crippen LogP contribution is -2.20. The van der Waals surface area contributed by atoms with Crippen LogP contribution in [0.2, 0.25) is 0 Å². The lowest BCUT2D eigenvalue weighted by molar-refractivity contribution is -0.275. The first-order valence-corrected chi connectivity index (χ1v) is 5.95. The number of nitriles is 1. The summed E-state index contributed by atoms with van der Waals surface area (Å²) in [4.78, 5) is 11.3. The van der Waals surface area contributed by atoms with Gasteiger partial charge in [0, 0.05) is 0 Å². The maximum Gasteiger partial charge on any atom is 0.573 e. The summed E-state index contributed by atoms with van der Waals surface area (Å²) in [6.45, 7) is 1.48. The van der Waals surface area contributed by atoms with E-state index in [9.17, 15) is 26.7 Å². The van der Waals surface area contributed by atoms with Gasteiger partial charge in [-0.1, -0.05) is 6.07 Å². The van der Waals surface area contributed by atoms with E-state index < -0.39 is 47.6 Å². The number of carbonyl (C=O) groups excluding carboxylic acids is 1. The van der Waals surface area contributed by atoms with Gasteiger partial charge in [0.15, 0.2) is 5.75 Å². The molecule has 0 heterocycles. The smallest absolute Gasteiger partial charge is 0.466 e. The Morgan fingerprint density at radius 1 is 1.36 bits per heavy atom. The molecule has 0 aromatic heterocycles. The average molecular weight is 323 g/mol.